The first-order valence-electron chi connectivity index (χ1n) is 8.99. The molecule has 1 spiro atoms. The molecule has 1 fully saturated rings. The predicted molar refractivity (Wildman–Crippen MR) is 99.9 cm³/mol. The molecule has 1 aromatic rings. The summed E-state index contributed by atoms with van der Waals surface area (Å²) in [6.07, 6.45) is 0.0192. The quantitative estimate of drug-likeness (QED) is 0.683. The average molecular weight is 421 g/mol. The highest BCUT2D eigenvalue weighted by Crippen LogP contribution is 2.50. The maximum atomic E-state index is 12.6. The summed E-state index contributed by atoms with van der Waals surface area (Å²) in [7, 11) is -1.06. The Hall–Kier alpha value is -1.52. The Kier molecular flexibility index (Phi) is 6.88. The topological polar surface area (TPSA) is 91.3 Å². The highest BCUT2D eigenvalue weighted by molar-refractivity contribution is 7.84. The number of hydrogen-bond acceptors (Lipinski definition) is 4. The van der Waals surface area contributed by atoms with Gasteiger partial charge in [0.15, 0.2) is 0 Å². The second kappa shape index (κ2) is 8.46. The van der Waals surface area contributed by atoms with Crippen molar-refractivity contribution in [1.29, 1.82) is 0 Å². The minimum Gasteiger partial charge on any atom is -0.475 e. The molecule has 0 amide bonds. The third kappa shape index (κ3) is 5.30. The number of halogens is 3. The van der Waals surface area contributed by atoms with Crippen LogP contribution < -0.4 is 10.0 Å². The summed E-state index contributed by atoms with van der Waals surface area (Å²) in [6, 6.07) is 4.30. The Morgan fingerprint density at radius 2 is 1.89 bits per heavy atom. The van der Waals surface area contributed by atoms with Crippen LogP contribution in [0.15, 0.2) is 18.3 Å². The van der Waals surface area contributed by atoms with E-state index in [9.17, 15) is 17.4 Å². The highest BCUT2D eigenvalue weighted by atomic mass is 32.2. The Balaban J connectivity index is 0.000000345. The Morgan fingerprint density at radius 1 is 1.32 bits per heavy atom. The Labute approximate surface area is 164 Å². The number of nitrogens with zero attached hydrogens (tertiary/aromatic N) is 1. The number of rotatable bonds is 2. The van der Waals surface area contributed by atoms with E-state index in [0.717, 1.165) is 32.4 Å². The first-order valence-corrected chi connectivity index (χ1v) is 10.1. The lowest BCUT2D eigenvalue weighted by Crippen LogP contribution is -2.46. The summed E-state index contributed by atoms with van der Waals surface area (Å²) in [6.45, 7) is 8.13. The van der Waals surface area contributed by atoms with E-state index in [2.05, 4.69) is 21.1 Å². The molecule has 2 heterocycles. The van der Waals surface area contributed by atoms with E-state index in [0.29, 0.717) is 0 Å². The van der Waals surface area contributed by atoms with Crippen LogP contribution >= 0.6 is 0 Å². The summed E-state index contributed by atoms with van der Waals surface area (Å²) in [5, 5.41) is 10.6. The molecule has 2 aliphatic rings. The number of carboxylic acids is 1. The first-order chi connectivity index (χ1) is 12.9. The van der Waals surface area contributed by atoms with E-state index >= 15 is 0 Å². The molecular formula is C18H26F3N3O3S. The molecule has 1 aromatic heterocycles. The van der Waals surface area contributed by atoms with Crippen LogP contribution in [0.5, 0.6) is 0 Å². The summed E-state index contributed by atoms with van der Waals surface area (Å²) >= 11 is 0. The zero-order valence-corrected chi connectivity index (χ0v) is 16.9. The number of hydrogen-bond donors (Lipinski definition) is 3. The molecule has 0 radical (unpaired) electrons. The van der Waals surface area contributed by atoms with Gasteiger partial charge in [-0.3, -0.25) is 4.98 Å². The van der Waals surface area contributed by atoms with E-state index in [1.807, 2.05) is 33.0 Å². The molecule has 158 valence electrons. The zero-order chi connectivity index (χ0) is 21.2. The molecule has 0 aromatic carbocycles. The van der Waals surface area contributed by atoms with Crippen LogP contribution in [-0.4, -0.2) is 44.3 Å². The molecule has 0 bridgehead atoms. The van der Waals surface area contributed by atoms with Gasteiger partial charge in [0.25, 0.3) is 0 Å². The van der Waals surface area contributed by atoms with Crippen molar-refractivity contribution in [3.63, 3.8) is 0 Å². The van der Waals surface area contributed by atoms with Crippen molar-refractivity contribution in [3.05, 3.63) is 29.6 Å². The lowest BCUT2D eigenvalue weighted by atomic mass is 9.74. The van der Waals surface area contributed by atoms with Crippen molar-refractivity contribution in [3.8, 4) is 0 Å². The Morgan fingerprint density at radius 3 is 2.39 bits per heavy atom. The highest BCUT2D eigenvalue weighted by Gasteiger charge is 2.48. The van der Waals surface area contributed by atoms with Gasteiger partial charge in [0, 0.05) is 11.9 Å². The molecule has 1 aliphatic heterocycles. The maximum absolute atomic E-state index is 12.6. The van der Waals surface area contributed by atoms with Gasteiger partial charge in [-0.1, -0.05) is 6.07 Å². The van der Waals surface area contributed by atoms with Gasteiger partial charge in [-0.25, -0.2) is 13.7 Å². The van der Waals surface area contributed by atoms with Gasteiger partial charge in [0.05, 0.1) is 21.8 Å². The number of carbonyl (C=O) groups is 1. The Bertz CT molecular complexity index is 729. The minimum absolute atomic E-state index is 0.156. The molecule has 3 rings (SSSR count). The molecule has 10 heteroatoms. The summed E-state index contributed by atoms with van der Waals surface area (Å²) in [5.41, 5.74) is 2.60. The maximum Gasteiger partial charge on any atom is 0.490 e. The van der Waals surface area contributed by atoms with Gasteiger partial charge in [-0.05, 0) is 70.2 Å². The fourth-order valence-electron chi connectivity index (χ4n) is 3.49. The van der Waals surface area contributed by atoms with Crippen molar-refractivity contribution >= 4 is 17.0 Å². The number of piperidine rings is 1. The number of nitrogens with one attached hydrogen (secondary N) is 2. The third-order valence-electron chi connectivity index (χ3n) is 4.99. The molecule has 1 saturated heterocycles. The third-order valence-corrected chi connectivity index (χ3v) is 6.55. The number of aromatic nitrogens is 1. The van der Waals surface area contributed by atoms with E-state index in [-0.39, 0.29) is 16.2 Å². The van der Waals surface area contributed by atoms with Crippen molar-refractivity contribution in [2.75, 3.05) is 13.1 Å². The van der Waals surface area contributed by atoms with E-state index in [4.69, 9.17) is 9.90 Å². The van der Waals surface area contributed by atoms with Gasteiger partial charge in [-0.2, -0.15) is 13.2 Å². The number of carboxylic acid groups (broad SMARTS) is 1. The zero-order valence-electron chi connectivity index (χ0n) is 16.1. The van der Waals surface area contributed by atoms with Gasteiger partial charge in [0.1, 0.15) is 0 Å². The number of pyridine rings is 1. The number of aliphatic carboxylic acids is 1. The molecule has 0 unspecified atom stereocenters. The molecule has 28 heavy (non-hydrogen) atoms. The summed E-state index contributed by atoms with van der Waals surface area (Å²) in [4.78, 5) is 13.5. The van der Waals surface area contributed by atoms with E-state index in [1.165, 1.54) is 11.3 Å². The largest absolute Gasteiger partial charge is 0.490 e. The molecule has 6 nitrogen and oxygen atoms in total. The van der Waals surface area contributed by atoms with Crippen LogP contribution in [0.3, 0.4) is 0 Å². The fraction of sp³-hybridized carbons (Fsp3) is 0.667. The van der Waals surface area contributed by atoms with E-state index in [1.54, 1.807) is 0 Å². The standard InChI is InChI=1S/C16H25N3OS.C2HF3O2/c1-15(2,3)21(20)19-14-12-5-4-8-18-13(12)11-16(14)6-9-17-10-7-16;3-2(4,5)1(6)7/h4-5,8,14,17,19H,6-7,9-11H2,1-3H3;(H,6,7)/t14-,21-;/m1./s1. The lowest BCUT2D eigenvalue weighted by Gasteiger charge is -2.40. The van der Waals surface area contributed by atoms with Gasteiger partial charge < -0.3 is 10.4 Å². The predicted octanol–water partition coefficient (Wildman–Crippen LogP) is 2.73. The number of alkyl halides is 3. The van der Waals surface area contributed by atoms with Crippen molar-refractivity contribution in [1.82, 2.24) is 15.0 Å². The van der Waals surface area contributed by atoms with Gasteiger partial charge in [0.2, 0.25) is 0 Å². The molecule has 3 N–H and O–H groups in total. The fourth-order valence-corrected chi connectivity index (χ4v) is 4.43. The molecule has 1 aliphatic carbocycles. The molecule has 2 atom stereocenters. The van der Waals surface area contributed by atoms with Crippen LogP contribution in [0, 0.1) is 5.41 Å². The lowest BCUT2D eigenvalue weighted by molar-refractivity contribution is -0.192. The van der Waals surface area contributed by atoms with Crippen LogP contribution in [0.2, 0.25) is 0 Å². The van der Waals surface area contributed by atoms with Crippen LogP contribution in [0.1, 0.15) is 50.9 Å². The molecular weight excluding hydrogens is 395 g/mol. The van der Waals surface area contributed by atoms with E-state index < -0.39 is 23.1 Å². The minimum atomic E-state index is -5.08. The average Bonchev–Trinajstić information content (AvgIpc) is 2.87. The van der Waals surface area contributed by atoms with Crippen LogP contribution in [-0.2, 0) is 22.2 Å². The molecule has 0 saturated carbocycles. The summed E-state index contributed by atoms with van der Waals surface area (Å²) in [5.74, 6) is -2.76. The monoisotopic (exact) mass is 421 g/mol. The summed E-state index contributed by atoms with van der Waals surface area (Å²) < 4.78 is 47.5. The van der Waals surface area contributed by atoms with Crippen molar-refractivity contribution in [2.45, 2.75) is 57.0 Å². The van der Waals surface area contributed by atoms with Gasteiger partial charge in [-0.15, -0.1) is 0 Å². The SMILES string of the molecule is CC(C)(C)[S@@](=O)N[C@@H]1c2cccnc2CC12CCNCC2.O=C(O)C(F)(F)F. The van der Waals surface area contributed by atoms with Gasteiger partial charge >= 0.3 is 12.1 Å². The second-order valence-corrected chi connectivity index (χ2v) is 10.1. The second-order valence-electron chi connectivity index (χ2n) is 8.06. The van der Waals surface area contributed by atoms with Crippen molar-refractivity contribution in [2.24, 2.45) is 5.41 Å². The van der Waals surface area contributed by atoms with Crippen LogP contribution in [0.4, 0.5) is 13.2 Å². The first kappa shape index (κ1) is 22.8. The normalized spacial score (nSPS) is 22.1. The smallest absolute Gasteiger partial charge is 0.475 e. The van der Waals surface area contributed by atoms with Crippen LogP contribution in [0.25, 0.3) is 0 Å². The van der Waals surface area contributed by atoms with Crippen molar-refractivity contribution < 1.29 is 27.3 Å². The number of fused-ring (bicyclic) bond motifs is 1.